The molecule has 28 heavy (non-hydrogen) atoms. The number of benzene rings is 1. The minimum absolute atomic E-state index is 0.0405. The fourth-order valence-corrected chi connectivity index (χ4v) is 6.01. The van der Waals surface area contributed by atoms with Crippen molar-refractivity contribution in [1.82, 2.24) is 14.1 Å². The predicted molar refractivity (Wildman–Crippen MR) is 108 cm³/mol. The summed E-state index contributed by atoms with van der Waals surface area (Å²) < 4.78 is 27.2. The van der Waals surface area contributed by atoms with Crippen molar-refractivity contribution in [3.05, 3.63) is 33.8 Å². The van der Waals surface area contributed by atoms with Crippen LogP contribution in [0.3, 0.4) is 0 Å². The Labute approximate surface area is 175 Å². The number of amides is 2. The molecule has 154 valence electrons. The van der Waals surface area contributed by atoms with E-state index in [0.29, 0.717) is 61.2 Å². The summed E-state index contributed by atoms with van der Waals surface area (Å²) in [5.41, 5.74) is 0.379. The zero-order chi connectivity index (χ0) is 20.3. The molecular weight excluding hydrogens is 425 g/mol. The van der Waals surface area contributed by atoms with Crippen molar-refractivity contribution < 1.29 is 18.0 Å². The Balaban J connectivity index is 1.67. The minimum Gasteiger partial charge on any atom is -0.342 e. The first kappa shape index (κ1) is 21.4. The molecule has 2 aliphatic heterocycles. The molecule has 2 fully saturated rings. The van der Waals surface area contributed by atoms with Crippen LogP contribution in [-0.2, 0) is 25.4 Å². The van der Waals surface area contributed by atoms with Crippen LogP contribution in [0.15, 0.2) is 18.2 Å². The molecule has 2 aliphatic rings. The monoisotopic (exact) mass is 447 g/mol. The second-order valence-electron chi connectivity index (χ2n) is 7.12. The Kier molecular flexibility index (Phi) is 6.85. The molecule has 2 heterocycles. The molecule has 0 unspecified atom stereocenters. The van der Waals surface area contributed by atoms with Crippen molar-refractivity contribution in [1.29, 1.82) is 0 Å². The zero-order valence-electron chi connectivity index (χ0n) is 15.4. The molecule has 0 bridgehead atoms. The molecule has 1 aromatic carbocycles. The van der Waals surface area contributed by atoms with Crippen LogP contribution in [0.5, 0.6) is 0 Å². The van der Waals surface area contributed by atoms with Crippen LogP contribution < -0.4 is 0 Å². The van der Waals surface area contributed by atoms with Gasteiger partial charge >= 0.3 is 0 Å². The third kappa shape index (κ3) is 4.79. The number of hydrogen-bond acceptors (Lipinski definition) is 4. The lowest BCUT2D eigenvalue weighted by atomic mass is 9.98. The van der Waals surface area contributed by atoms with E-state index in [2.05, 4.69) is 0 Å². The molecular formula is C18H23Cl2N3O4S. The van der Waals surface area contributed by atoms with Crippen LogP contribution in [0.2, 0.25) is 10.0 Å². The molecule has 1 aromatic rings. The molecule has 2 saturated heterocycles. The molecule has 0 spiro atoms. The summed E-state index contributed by atoms with van der Waals surface area (Å²) in [5, 5.41) is 0.627. The normalized spacial score (nSPS) is 21.6. The van der Waals surface area contributed by atoms with Crippen LogP contribution in [-0.4, -0.2) is 74.1 Å². The molecule has 0 saturated carbocycles. The molecule has 3 rings (SSSR count). The number of piperazine rings is 1. The van der Waals surface area contributed by atoms with Gasteiger partial charge in [-0.15, -0.1) is 0 Å². The van der Waals surface area contributed by atoms with Crippen molar-refractivity contribution in [2.75, 3.05) is 39.3 Å². The fraction of sp³-hybridized carbons (Fsp3) is 0.556. The fourth-order valence-electron chi connectivity index (χ4n) is 3.65. The first-order valence-electron chi connectivity index (χ1n) is 9.20. The highest BCUT2D eigenvalue weighted by molar-refractivity contribution is 7.88. The Bertz CT molecular complexity index is 821. The van der Waals surface area contributed by atoms with Crippen molar-refractivity contribution in [2.24, 2.45) is 5.92 Å². The van der Waals surface area contributed by atoms with Gasteiger partial charge < -0.3 is 9.80 Å². The van der Waals surface area contributed by atoms with E-state index in [1.54, 1.807) is 28.0 Å². The van der Waals surface area contributed by atoms with Gasteiger partial charge in [-0.25, -0.2) is 12.7 Å². The predicted octanol–water partition coefficient (Wildman–Crippen LogP) is 1.84. The lowest BCUT2D eigenvalue weighted by molar-refractivity contribution is -0.140. The number of rotatable bonds is 5. The summed E-state index contributed by atoms with van der Waals surface area (Å²) in [6, 6.07) is 4.89. The number of halogens is 2. The van der Waals surface area contributed by atoms with Gasteiger partial charge in [0.25, 0.3) is 0 Å². The summed E-state index contributed by atoms with van der Waals surface area (Å²) in [6.07, 6.45) is 2.07. The van der Waals surface area contributed by atoms with E-state index in [1.807, 2.05) is 0 Å². The first-order chi connectivity index (χ1) is 13.3. The highest BCUT2D eigenvalue weighted by Gasteiger charge is 2.35. The van der Waals surface area contributed by atoms with Gasteiger partial charge in [0.05, 0.1) is 11.7 Å². The van der Waals surface area contributed by atoms with Gasteiger partial charge in [-0.3, -0.25) is 9.59 Å². The average Bonchev–Trinajstić information content (AvgIpc) is 2.70. The summed E-state index contributed by atoms with van der Waals surface area (Å²) in [5.74, 6) is -0.695. The molecule has 1 atom stereocenters. The quantitative estimate of drug-likeness (QED) is 0.645. The molecule has 2 amide bonds. The smallest absolute Gasteiger partial charge is 0.227 e. The molecule has 0 radical (unpaired) electrons. The van der Waals surface area contributed by atoms with Gasteiger partial charge in [0.1, 0.15) is 0 Å². The van der Waals surface area contributed by atoms with E-state index in [-0.39, 0.29) is 24.1 Å². The summed E-state index contributed by atoms with van der Waals surface area (Å²) >= 11 is 12.2. The number of piperidine rings is 1. The highest BCUT2D eigenvalue weighted by atomic mass is 35.5. The van der Waals surface area contributed by atoms with E-state index in [4.69, 9.17) is 23.2 Å². The number of carbonyl (C=O) groups is 2. The topological polar surface area (TPSA) is 78.0 Å². The van der Waals surface area contributed by atoms with E-state index in [1.165, 1.54) is 4.31 Å². The standard InChI is InChI=1S/C18H23Cl2N3O4S/c19-16-4-1-5-17(20)15(16)12-28(26,27)23-6-2-3-14(11-23)18(25)22-9-7-21(13-24)8-10-22/h1,4-5,13-14H,2-3,6-12H2/t14-/m0/s1. The van der Waals surface area contributed by atoms with Crippen LogP contribution in [0, 0.1) is 5.92 Å². The maximum atomic E-state index is 12.9. The van der Waals surface area contributed by atoms with E-state index in [9.17, 15) is 18.0 Å². The van der Waals surface area contributed by atoms with Gasteiger partial charge in [-0.2, -0.15) is 0 Å². The van der Waals surface area contributed by atoms with Crippen LogP contribution in [0.1, 0.15) is 18.4 Å². The maximum Gasteiger partial charge on any atom is 0.227 e. The maximum absolute atomic E-state index is 12.9. The minimum atomic E-state index is -3.65. The molecule has 10 heteroatoms. The summed E-state index contributed by atoms with van der Waals surface area (Å²) in [4.78, 5) is 27.0. The van der Waals surface area contributed by atoms with E-state index < -0.39 is 10.0 Å². The zero-order valence-corrected chi connectivity index (χ0v) is 17.7. The average molecular weight is 448 g/mol. The third-order valence-corrected chi connectivity index (χ3v) is 7.77. The van der Waals surface area contributed by atoms with Gasteiger partial charge in [0.2, 0.25) is 22.3 Å². The van der Waals surface area contributed by atoms with Gasteiger partial charge in [-0.1, -0.05) is 29.3 Å². The SMILES string of the molecule is O=CN1CCN(C(=O)[C@H]2CCCN(S(=O)(=O)Cc3c(Cl)cccc3Cl)C2)CC1. The van der Waals surface area contributed by atoms with E-state index >= 15 is 0 Å². The van der Waals surface area contributed by atoms with Crippen LogP contribution >= 0.6 is 23.2 Å². The number of sulfonamides is 1. The molecule has 0 N–H and O–H groups in total. The van der Waals surface area contributed by atoms with Crippen molar-refractivity contribution in [3.63, 3.8) is 0 Å². The largest absolute Gasteiger partial charge is 0.342 e. The summed E-state index contributed by atoms with van der Waals surface area (Å²) in [6.45, 7) is 2.53. The second kappa shape index (κ2) is 8.98. The number of nitrogens with zero attached hydrogens (tertiary/aromatic N) is 3. The Hall–Kier alpha value is -1.35. The number of hydrogen-bond donors (Lipinski definition) is 0. The molecule has 7 nitrogen and oxygen atoms in total. The van der Waals surface area contributed by atoms with Gasteiger partial charge in [0.15, 0.2) is 0 Å². The van der Waals surface area contributed by atoms with Crippen molar-refractivity contribution >= 4 is 45.5 Å². The van der Waals surface area contributed by atoms with Crippen LogP contribution in [0.25, 0.3) is 0 Å². The third-order valence-electron chi connectivity index (χ3n) is 5.29. The van der Waals surface area contributed by atoms with Crippen molar-refractivity contribution in [2.45, 2.75) is 18.6 Å². The Morgan fingerprint density at radius 1 is 1.11 bits per heavy atom. The number of carbonyl (C=O) groups excluding carboxylic acids is 2. The lowest BCUT2D eigenvalue weighted by Gasteiger charge is -2.37. The lowest BCUT2D eigenvalue weighted by Crippen LogP contribution is -2.52. The van der Waals surface area contributed by atoms with Gasteiger partial charge in [0, 0.05) is 54.9 Å². The van der Waals surface area contributed by atoms with Crippen molar-refractivity contribution in [3.8, 4) is 0 Å². The first-order valence-corrected chi connectivity index (χ1v) is 11.6. The molecule has 0 aliphatic carbocycles. The second-order valence-corrected chi connectivity index (χ2v) is 9.90. The van der Waals surface area contributed by atoms with E-state index in [0.717, 1.165) is 6.41 Å². The highest BCUT2D eigenvalue weighted by Crippen LogP contribution is 2.29. The van der Waals surface area contributed by atoms with Gasteiger partial charge in [-0.05, 0) is 25.0 Å². The Morgan fingerprint density at radius 3 is 2.36 bits per heavy atom. The summed E-state index contributed by atoms with van der Waals surface area (Å²) in [7, 11) is -3.65. The molecule has 0 aromatic heterocycles. The van der Waals surface area contributed by atoms with Crippen LogP contribution in [0.4, 0.5) is 0 Å². The Morgan fingerprint density at radius 2 is 1.75 bits per heavy atom.